The predicted octanol–water partition coefficient (Wildman–Crippen LogP) is 3.11. The summed E-state index contributed by atoms with van der Waals surface area (Å²) in [6.45, 7) is 7.13. The zero-order valence-electron chi connectivity index (χ0n) is 13.6. The zero-order chi connectivity index (χ0) is 17.6. The van der Waals surface area contributed by atoms with Crippen LogP contribution >= 0.6 is 0 Å². The van der Waals surface area contributed by atoms with Crippen LogP contribution in [0.25, 0.3) is 11.1 Å². The molecule has 23 heavy (non-hydrogen) atoms. The molecule has 1 aromatic carbocycles. The van der Waals surface area contributed by atoms with Crippen LogP contribution in [-0.4, -0.2) is 22.9 Å². The second kappa shape index (κ2) is 7.88. The summed E-state index contributed by atoms with van der Waals surface area (Å²) in [5.74, 6) is -0.392. The summed E-state index contributed by atoms with van der Waals surface area (Å²) in [5, 5.41) is 18.9. The van der Waals surface area contributed by atoms with Crippen molar-refractivity contribution in [2.75, 3.05) is 0 Å². The number of nitrogens with two attached hydrogens (primary N) is 1. The predicted molar refractivity (Wildman–Crippen MR) is 87.9 cm³/mol. The lowest BCUT2D eigenvalue weighted by molar-refractivity contribution is 0.100. The number of rotatable bonds is 3. The molecule has 122 valence electrons. The summed E-state index contributed by atoms with van der Waals surface area (Å²) < 4.78 is 10.0. The summed E-state index contributed by atoms with van der Waals surface area (Å²) >= 11 is 0. The quantitative estimate of drug-likeness (QED) is 0.594. The van der Waals surface area contributed by atoms with Crippen LogP contribution in [-0.2, 0) is 4.74 Å². The lowest BCUT2D eigenvalue weighted by atomic mass is 10.0. The van der Waals surface area contributed by atoms with Gasteiger partial charge in [-0.1, -0.05) is 31.1 Å². The van der Waals surface area contributed by atoms with Gasteiger partial charge in [-0.15, -0.1) is 0 Å². The summed E-state index contributed by atoms with van der Waals surface area (Å²) in [5.41, 5.74) is 7.08. The number of hydrogen-bond donors (Lipinski definition) is 3. The van der Waals surface area contributed by atoms with E-state index in [1.54, 1.807) is 31.2 Å². The maximum absolute atomic E-state index is 11.1. The number of amides is 1. The van der Waals surface area contributed by atoms with Gasteiger partial charge >= 0.3 is 0 Å². The number of nitrogens with one attached hydrogen (secondary N) is 2. The molecule has 7 heteroatoms. The molecule has 0 spiro atoms. The number of aryl methyl sites for hydroxylation is 1. The van der Waals surface area contributed by atoms with E-state index < -0.39 is 5.91 Å². The standard InChI is InChI=1S/C14H14N4O3.C2H6/c1-7-11(9-3-5-10(6-4-9)13(16)19)12(18-21-7)14(17)20-8(2)15;1-2/h3-6,15,17H,1-2H3,(H2,16,19);1-2H3. The Morgan fingerprint density at radius 3 is 2.26 bits per heavy atom. The Hall–Kier alpha value is -2.96. The van der Waals surface area contributed by atoms with Crippen LogP contribution in [0.3, 0.4) is 0 Å². The largest absolute Gasteiger partial charge is 0.424 e. The highest BCUT2D eigenvalue weighted by Crippen LogP contribution is 2.28. The fourth-order valence-corrected chi connectivity index (χ4v) is 1.87. The topological polar surface area (TPSA) is 126 Å². The number of carbonyl (C=O) groups excluding carboxylic acids is 1. The van der Waals surface area contributed by atoms with Crippen molar-refractivity contribution in [2.45, 2.75) is 27.7 Å². The fourth-order valence-electron chi connectivity index (χ4n) is 1.87. The van der Waals surface area contributed by atoms with Crippen LogP contribution < -0.4 is 5.73 Å². The van der Waals surface area contributed by atoms with E-state index in [0.717, 1.165) is 0 Å². The van der Waals surface area contributed by atoms with Gasteiger partial charge in [-0.3, -0.25) is 15.6 Å². The zero-order valence-corrected chi connectivity index (χ0v) is 13.6. The smallest absolute Gasteiger partial charge is 0.248 e. The molecular weight excluding hydrogens is 296 g/mol. The highest BCUT2D eigenvalue weighted by atomic mass is 16.5. The number of benzene rings is 1. The lowest BCUT2D eigenvalue weighted by Crippen LogP contribution is -2.11. The molecule has 0 bridgehead atoms. The maximum Gasteiger partial charge on any atom is 0.248 e. The highest BCUT2D eigenvalue weighted by Gasteiger charge is 2.20. The normalized spacial score (nSPS) is 9.57. The van der Waals surface area contributed by atoms with Crippen LogP contribution in [0.5, 0.6) is 0 Å². The molecule has 7 nitrogen and oxygen atoms in total. The molecule has 0 saturated carbocycles. The minimum Gasteiger partial charge on any atom is -0.424 e. The molecule has 0 aliphatic rings. The number of primary amides is 1. The number of carbonyl (C=O) groups is 1. The van der Waals surface area contributed by atoms with E-state index in [2.05, 4.69) is 5.16 Å². The Morgan fingerprint density at radius 1 is 1.22 bits per heavy atom. The third kappa shape index (κ3) is 4.26. The number of hydrogen-bond acceptors (Lipinski definition) is 6. The van der Waals surface area contributed by atoms with Gasteiger partial charge in [0.2, 0.25) is 11.8 Å². The average Bonchev–Trinajstić information content (AvgIpc) is 2.90. The molecule has 0 unspecified atom stereocenters. The summed E-state index contributed by atoms with van der Waals surface area (Å²) in [6, 6.07) is 6.54. The molecule has 0 aliphatic carbocycles. The number of ether oxygens (including phenoxy) is 1. The van der Waals surface area contributed by atoms with Crippen molar-refractivity contribution in [1.82, 2.24) is 5.16 Å². The van der Waals surface area contributed by atoms with E-state index in [-0.39, 0.29) is 17.5 Å². The fraction of sp³-hybridized carbons (Fsp3) is 0.250. The van der Waals surface area contributed by atoms with E-state index in [9.17, 15) is 4.79 Å². The molecule has 0 aliphatic heterocycles. The van der Waals surface area contributed by atoms with E-state index in [1.165, 1.54) is 6.92 Å². The second-order valence-corrected chi connectivity index (χ2v) is 4.39. The van der Waals surface area contributed by atoms with Crippen LogP contribution in [0.1, 0.15) is 42.6 Å². The van der Waals surface area contributed by atoms with E-state index in [1.807, 2.05) is 13.8 Å². The Labute approximate surface area is 134 Å². The van der Waals surface area contributed by atoms with Gasteiger partial charge in [-0.2, -0.15) is 0 Å². The van der Waals surface area contributed by atoms with E-state index in [4.69, 9.17) is 25.8 Å². The Bertz CT molecular complexity index is 717. The molecule has 2 rings (SSSR count). The minimum absolute atomic E-state index is 0.115. The first kappa shape index (κ1) is 18.1. The SMILES string of the molecule is CC.CC(=N)OC(=N)c1noc(C)c1-c1ccc(C(N)=O)cc1. The Balaban J connectivity index is 0.00000127. The molecule has 2 aromatic rings. The molecule has 0 radical (unpaired) electrons. The molecule has 1 heterocycles. The van der Waals surface area contributed by atoms with Crippen molar-refractivity contribution in [3.63, 3.8) is 0 Å². The molecule has 1 amide bonds. The van der Waals surface area contributed by atoms with Gasteiger partial charge in [0, 0.05) is 12.5 Å². The number of nitrogens with zero attached hydrogens (tertiary/aromatic N) is 1. The van der Waals surface area contributed by atoms with Gasteiger partial charge in [0.1, 0.15) is 5.76 Å². The molecule has 0 fully saturated rings. The summed E-state index contributed by atoms with van der Waals surface area (Å²) in [6.07, 6.45) is 0. The first-order valence-corrected chi connectivity index (χ1v) is 7.08. The second-order valence-electron chi connectivity index (χ2n) is 4.39. The highest BCUT2D eigenvalue weighted by molar-refractivity contribution is 6.02. The molecule has 4 N–H and O–H groups in total. The van der Waals surface area contributed by atoms with Crippen molar-refractivity contribution >= 4 is 17.7 Å². The van der Waals surface area contributed by atoms with E-state index in [0.29, 0.717) is 22.5 Å². The Morgan fingerprint density at radius 2 is 1.78 bits per heavy atom. The molecule has 0 saturated heterocycles. The minimum atomic E-state index is -0.515. The maximum atomic E-state index is 11.1. The molecular formula is C16H20N4O3. The van der Waals surface area contributed by atoms with Crippen LogP contribution in [0.15, 0.2) is 28.8 Å². The van der Waals surface area contributed by atoms with Gasteiger partial charge in [0.15, 0.2) is 11.6 Å². The van der Waals surface area contributed by atoms with Crippen molar-refractivity contribution in [1.29, 1.82) is 10.8 Å². The molecule has 1 aromatic heterocycles. The van der Waals surface area contributed by atoms with Crippen molar-refractivity contribution < 1.29 is 14.1 Å². The summed E-state index contributed by atoms with van der Waals surface area (Å²) in [4.78, 5) is 11.1. The third-order valence-corrected chi connectivity index (χ3v) is 2.79. The van der Waals surface area contributed by atoms with Gasteiger partial charge in [0.25, 0.3) is 0 Å². The van der Waals surface area contributed by atoms with Crippen molar-refractivity contribution in [3.8, 4) is 11.1 Å². The van der Waals surface area contributed by atoms with Crippen LogP contribution in [0.2, 0.25) is 0 Å². The van der Waals surface area contributed by atoms with Gasteiger partial charge in [-0.25, -0.2) is 0 Å². The van der Waals surface area contributed by atoms with Crippen LogP contribution in [0.4, 0.5) is 0 Å². The van der Waals surface area contributed by atoms with Crippen LogP contribution in [0, 0.1) is 17.7 Å². The first-order chi connectivity index (χ1) is 10.9. The third-order valence-electron chi connectivity index (χ3n) is 2.79. The van der Waals surface area contributed by atoms with Gasteiger partial charge in [-0.05, 0) is 24.6 Å². The lowest BCUT2D eigenvalue weighted by Gasteiger charge is -2.05. The molecule has 0 atom stereocenters. The van der Waals surface area contributed by atoms with Crippen molar-refractivity contribution in [2.24, 2.45) is 5.73 Å². The van der Waals surface area contributed by atoms with E-state index >= 15 is 0 Å². The number of aromatic nitrogens is 1. The van der Waals surface area contributed by atoms with Gasteiger partial charge < -0.3 is 15.0 Å². The van der Waals surface area contributed by atoms with Crippen molar-refractivity contribution in [3.05, 3.63) is 41.3 Å². The first-order valence-electron chi connectivity index (χ1n) is 7.08. The Kier molecular flexibility index (Phi) is 6.20. The monoisotopic (exact) mass is 316 g/mol. The summed E-state index contributed by atoms with van der Waals surface area (Å²) in [7, 11) is 0. The van der Waals surface area contributed by atoms with Gasteiger partial charge in [0.05, 0.1) is 5.56 Å². The average molecular weight is 316 g/mol.